The second-order valence-corrected chi connectivity index (χ2v) is 1.93. The molecular formula is C5H14Cl2NP. The third-order valence-corrected chi connectivity index (χ3v) is 1.12. The molecule has 0 heterocycles. The summed E-state index contributed by atoms with van der Waals surface area (Å²) in [5.41, 5.74) is 0. The molecule has 0 amide bonds. The highest BCUT2D eigenvalue weighted by molar-refractivity contribution is 7.13. The molecule has 0 aliphatic rings. The van der Waals surface area contributed by atoms with Crippen LogP contribution in [-0.4, -0.2) is 6.54 Å². The average molecular weight is 190 g/mol. The second-order valence-electron chi connectivity index (χ2n) is 1.62. The van der Waals surface area contributed by atoms with Gasteiger partial charge in [-0.2, -0.15) is 0 Å². The predicted molar refractivity (Wildman–Crippen MR) is 48.9 cm³/mol. The molecule has 0 unspecified atom stereocenters. The Balaban J connectivity index is -0.000000180. The summed E-state index contributed by atoms with van der Waals surface area (Å²) in [7, 11) is 3.84. The maximum atomic E-state index is 3.84. The third-order valence-electron chi connectivity index (χ3n) is 0.892. The second kappa shape index (κ2) is 16.0. The van der Waals surface area contributed by atoms with Gasteiger partial charge in [0, 0.05) is 0 Å². The van der Waals surface area contributed by atoms with Crippen LogP contribution >= 0.6 is 34.2 Å². The first-order chi connectivity index (χ1) is 3.41. The summed E-state index contributed by atoms with van der Waals surface area (Å²) in [6.45, 7) is 3.23. The molecule has 0 atom stereocenters. The van der Waals surface area contributed by atoms with Gasteiger partial charge in [0.1, 0.15) is 0 Å². The van der Waals surface area contributed by atoms with Gasteiger partial charge in [0.05, 0.1) is 9.39 Å². The van der Waals surface area contributed by atoms with E-state index < -0.39 is 0 Å². The van der Waals surface area contributed by atoms with E-state index in [0.29, 0.717) is 0 Å². The SMILES string of the molecule is CCCCCN[P].Cl.Cl. The number of rotatable bonds is 4. The van der Waals surface area contributed by atoms with Crippen LogP contribution in [0.25, 0.3) is 0 Å². The number of halogens is 2. The maximum Gasteiger partial charge on any atom is 0.0555 e. The third kappa shape index (κ3) is 17.6. The number of unbranched alkanes of at least 4 members (excludes halogenated alkanes) is 2. The molecule has 58 valence electrons. The summed E-state index contributed by atoms with van der Waals surface area (Å²) >= 11 is 0. The molecule has 0 fully saturated rings. The monoisotopic (exact) mass is 189 g/mol. The quantitative estimate of drug-likeness (QED) is 0.530. The van der Waals surface area contributed by atoms with Gasteiger partial charge < -0.3 is 0 Å². The maximum absolute atomic E-state index is 3.84. The topological polar surface area (TPSA) is 12.0 Å². The molecule has 0 saturated heterocycles. The van der Waals surface area contributed by atoms with E-state index in [1.54, 1.807) is 0 Å². The Morgan fingerprint density at radius 2 is 1.78 bits per heavy atom. The fourth-order valence-corrected chi connectivity index (χ4v) is 0.612. The van der Waals surface area contributed by atoms with Crippen LogP contribution in [0.4, 0.5) is 0 Å². The Labute approximate surface area is 72.4 Å². The molecule has 4 heteroatoms. The van der Waals surface area contributed by atoms with Gasteiger partial charge in [-0.1, -0.05) is 19.8 Å². The zero-order valence-electron chi connectivity index (χ0n) is 5.59. The van der Waals surface area contributed by atoms with Crippen LogP contribution in [0.5, 0.6) is 0 Å². The molecule has 0 aliphatic heterocycles. The molecule has 0 aromatic carbocycles. The normalized spacial score (nSPS) is 7.33. The van der Waals surface area contributed by atoms with E-state index in [1.807, 2.05) is 0 Å². The van der Waals surface area contributed by atoms with E-state index in [-0.39, 0.29) is 24.8 Å². The van der Waals surface area contributed by atoms with Crippen molar-refractivity contribution in [3.63, 3.8) is 0 Å². The molecule has 2 radical (unpaired) electrons. The van der Waals surface area contributed by atoms with Gasteiger partial charge in [0.15, 0.2) is 0 Å². The van der Waals surface area contributed by atoms with Gasteiger partial charge in [0.25, 0.3) is 0 Å². The first-order valence-corrected chi connectivity index (χ1v) is 3.23. The first kappa shape index (κ1) is 16.5. The largest absolute Gasteiger partial charge is 0.286 e. The van der Waals surface area contributed by atoms with Gasteiger partial charge in [-0.15, -0.1) is 24.8 Å². The highest BCUT2D eigenvalue weighted by atomic mass is 35.5. The van der Waals surface area contributed by atoms with Gasteiger partial charge in [-0.3, -0.25) is 5.09 Å². The molecule has 9 heavy (non-hydrogen) atoms. The van der Waals surface area contributed by atoms with Crippen molar-refractivity contribution in [2.75, 3.05) is 6.54 Å². The van der Waals surface area contributed by atoms with Crippen LogP contribution in [0.2, 0.25) is 0 Å². The van der Waals surface area contributed by atoms with E-state index in [9.17, 15) is 0 Å². The minimum atomic E-state index is 0. The van der Waals surface area contributed by atoms with Crippen molar-refractivity contribution in [3.8, 4) is 0 Å². The number of hydrogen-bond acceptors (Lipinski definition) is 1. The van der Waals surface area contributed by atoms with E-state index >= 15 is 0 Å². The van der Waals surface area contributed by atoms with Gasteiger partial charge >= 0.3 is 0 Å². The molecule has 0 aromatic heterocycles. The van der Waals surface area contributed by atoms with Crippen LogP contribution in [0.15, 0.2) is 0 Å². The van der Waals surface area contributed by atoms with Crippen LogP contribution in [0.1, 0.15) is 26.2 Å². The Morgan fingerprint density at radius 1 is 1.22 bits per heavy atom. The molecule has 0 saturated carbocycles. The molecule has 0 bridgehead atoms. The molecule has 0 aliphatic carbocycles. The fraction of sp³-hybridized carbons (Fsp3) is 1.00. The Bertz CT molecular complexity index is 34.1. The van der Waals surface area contributed by atoms with E-state index in [2.05, 4.69) is 21.4 Å². The minimum Gasteiger partial charge on any atom is -0.286 e. The molecule has 1 N–H and O–H groups in total. The van der Waals surface area contributed by atoms with Crippen molar-refractivity contribution in [1.29, 1.82) is 0 Å². The van der Waals surface area contributed by atoms with Crippen molar-refractivity contribution in [2.45, 2.75) is 26.2 Å². The van der Waals surface area contributed by atoms with Gasteiger partial charge in [-0.25, -0.2) is 0 Å². The highest BCUT2D eigenvalue weighted by Gasteiger charge is 1.79. The Hall–Kier alpha value is 0.970. The van der Waals surface area contributed by atoms with Crippen molar-refractivity contribution in [2.24, 2.45) is 0 Å². The van der Waals surface area contributed by atoms with Crippen molar-refractivity contribution in [3.05, 3.63) is 0 Å². The first-order valence-electron chi connectivity index (χ1n) is 2.78. The molecule has 1 nitrogen and oxygen atoms in total. The summed E-state index contributed by atoms with van der Waals surface area (Å²) in [6.07, 6.45) is 3.85. The molecule has 0 spiro atoms. The van der Waals surface area contributed by atoms with Gasteiger partial charge in [-0.05, 0) is 13.0 Å². The summed E-state index contributed by atoms with van der Waals surface area (Å²) in [5, 5.41) is 2.80. The number of hydrogen-bond donors (Lipinski definition) is 1. The summed E-state index contributed by atoms with van der Waals surface area (Å²) in [6, 6.07) is 0. The zero-order chi connectivity index (χ0) is 5.54. The highest BCUT2D eigenvalue weighted by Crippen LogP contribution is 1.91. The molecule has 0 rings (SSSR count). The predicted octanol–water partition coefficient (Wildman–Crippen LogP) is 2.94. The average Bonchev–Trinajstić information content (AvgIpc) is 1.69. The van der Waals surface area contributed by atoms with Crippen LogP contribution < -0.4 is 5.09 Å². The van der Waals surface area contributed by atoms with Crippen molar-refractivity contribution in [1.82, 2.24) is 5.09 Å². The van der Waals surface area contributed by atoms with Crippen LogP contribution in [-0.2, 0) is 0 Å². The number of nitrogens with one attached hydrogen (secondary N) is 1. The summed E-state index contributed by atoms with van der Waals surface area (Å²) in [4.78, 5) is 0. The summed E-state index contributed by atoms with van der Waals surface area (Å²) < 4.78 is 0. The van der Waals surface area contributed by atoms with E-state index in [4.69, 9.17) is 0 Å². The zero-order valence-corrected chi connectivity index (χ0v) is 8.12. The standard InChI is InChI=1S/C5H12NP.2ClH/c1-2-3-4-5-6-7;;/h6H,2-5H2,1H3;2*1H. The lowest BCUT2D eigenvalue weighted by Gasteiger charge is -1.92. The lowest BCUT2D eigenvalue weighted by molar-refractivity contribution is 0.709. The van der Waals surface area contributed by atoms with Crippen molar-refractivity contribution >= 4 is 34.2 Å². The van der Waals surface area contributed by atoms with E-state index in [1.165, 1.54) is 19.3 Å². The Morgan fingerprint density at radius 3 is 2.11 bits per heavy atom. The van der Waals surface area contributed by atoms with Crippen LogP contribution in [0, 0.1) is 0 Å². The van der Waals surface area contributed by atoms with E-state index in [0.717, 1.165) is 6.54 Å². The molecule has 0 aromatic rings. The Kier molecular flexibility index (Phi) is 29.3. The molecular weight excluding hydrogens is 176 g/mol. The summed E-state index contributed by atoms with van der Waals surface area (Å²) in [5.74, 6) is 0. The lowest BCUT2D eigenvalue weighted by Crippen LogP contribution is -1.98. The minimum absolute atomic E-state index is 0. The smallest absolute Gasteiger partial charge is 0.0555 e. The lowest BCUT2D eigenvalue weighted by atomic mass is 10.3. The van der Waals surface area contributed by atoms with Crippen molar-refractivity contribution < 1.29 is 0 Å². The van der Waals surface area contributed by atoms with Gasteiger partial charge in [0.2, 0.25) is 0 Å². The van der Waals surface area contributed by atoms with Crippen LogP contribution in [0.3, 0.4) is 0 Å². The fourth-order valence-electron chi connectivity index (χ4n) is 0.454.